The number of rotatable bonds is 9. The lowest BCUT2D eigenvalue weighted by molar-refractivity contribution is -0.122. The summed E-state index contributed by atoms with van der Waals surface area (Å²) < 4.78 is 3.29. The molecule has 2 fully saturated rings. The van der Waals surface area contributed by atoms with Gasteiger partial charge in [0.05, 0.1) is 11.7 Å². The molecule has 3 N–H and O–H groups in total. The van der Waals surface area contributed by atoms with E-state index in [1.807, 2.05) is 43.3 Å². The Labute approximate surface area is 246 Å². The highest BCUT2D eigenvalue weighted by Crippen LogP contribution is 2.34. The van der Waals surface area contributed by atoms with Crippen molar-refractivity contribution in [3.05, 3.63) is 82.4 Å². The molecule has 222 valence electrons. The fraction of sp³-hybridized carbons (Fsp3) is 0.438. The molecule has 1 unspecified atom stereocenters. The first-order chi connectivity index (χ1) is 20.5. The summed E-state index contributed by atoms with van der Waals surface area (Å²) in [5.74, 6) is -0.497. The van der Waals surface area contributed by atoms with Crippen molar-refractivity contribution < 1.29 is 14.4 Å². The Hall–Kier alpha value is -4.18. The van der Waals surface area contributed by atoms with Gasteiger partial charge >= 0.3 is 5.69 Å². The largest absolute Gasteiger partial charge is 0.351 e. The van der Waals surface area contributed by atoms with Gasteiger partial charge in [0.15, 0.2) is 0 Å². The first kappa shape index (κ1) is 29.3. The number of amides is 3. The van der Waals surface area contributed by atoms with Crippen LogP contribution in [0.2, 0.25) is 0 Å². The molecule has 1 saturated carbocycles. The second-order valence-electron chi connectivity index (χ2n) is 10.9. The number of carbonyl (C=O) groups is 3. The smallest absolute Gasteiger partial charge is 0.329 e. The molecule has 3 amide bonds. The summed E-state index contributed by atoms with van der Waals surface area (Å²) in [5, 5.41) is 9.35. The lowest BCUT2D eigenvalue weighted by Crippen LogP contribution is -2.47. The van der Waals surface area contributed by atoms with E-state index in [9.17, 15) is 19.2 Å². The minimum atomic E-state index is -0.302. The van der Waals surface area contributed by atoms with E-state index in [2.05, 4.69) is 16.0 Å². The second kappa shape index (κ2) is 13.7. The van der Waals surface area contributed by atoms with Gasteiger partial charge in [-0.05, 0) is 25.0 Å². The van der Waals surface area contributed by atoms with Crippen LogP contribution in [-0.4, -0.2) is 70.5 Å². The van der Waals surface area contributed by atoms with Crippen LogP contribution in [0.15, 0.2) is 65.5 Å². The number of aromatic nitrogens is 2. The molecule has 10 nitrogen and oxygen atoms in total. The van der Waals surface area contributed by atoms with Crippen molar-refractivity contribution in [2.24, 2.45) is 0 Å². The van der Waals surface area contributed by atoms with E-state index >= 15 is 0 Å². The zero-order valence-corrected chi connectivity index (χ0v) is 24.2. The summed E-state index contributed by atoms with van der Waals surface area (Å²) in [4.78, 5) is 55.7. The highest BCUT2D eigenvalue weighted by atomic mass is 16.2. The number of nitrogens with one attached hydrogen (secondary N) is 3. The average molecular weight is 573 g/mol. The third-order valence-electron chi connectivity index (χ3n) is 8.21. The van der Waals surface area contributed by atoms with Crippen molar-refractivity contribution in [1.82, 2.24) is 30.0 Å². The molecular weight excluding hydrogens is 532 g/mol. The van der Waals surface area contributed by atoms with Crippen LogP contribution in [0.25, 0.3) is 11.3 Å². The van der Waals surface area contributed by atoms with Gasteiger partial charge in [-0.25, -0.2) is 4.79 Å². The molecule has 10 heteroatoms. The molecule has 3 aromatic rings. The lowest BCUT2D eigenvalue weighted by atomic mass is 9.89. The number of piperazine rings is 1. The molecule has 0 spiro atoms. The topological polar surface area (TPSA) is 117 Å². The van der Waals surface area contributed by atoms with Crippen LogP contribution in [0.5, 0.6) is 0 Å². The molecule has 1 aliphatic carbocycles. The standard InChI is InChI=1S/C32H40N6O4/c1-2-27(39)35-25-15-9-10-16-26(25)38-28(23-11-5-3-6-12-23)29(31(41)36-20-17-33-18-21-36)37(32(38)42)22-19-34-30(40)24-13-7-4-8-14-24/h3-8,11-14,25-26,33H,2,9-10,15-22H2,1H3,(H,34,40)(H,35,39)/t25-,26?/m0/s1. The summed E-state index contributed by atoms with van der Waals surface area (Å²) >= 11 is 0. The SMILES string of the molecule is CCC(=O)N[C@H]1CCCCC1n1c(-c2ccccc2)c(C(=O)N2CCNCC2)n(CCNC(=O)c2ccccc2)c1=O. The summed E-state index contributed by atoms with van der Waals surface area (Å²) in [6.07, 6.45) is 3.71. The molecule has 2 atom stereocenters. The van der Waals surface area contributed by atoms with Gasteiger partial charge in [0.2, 0.25) is 5.91 Å². The maximum Gasteiger partial charge on any atom is 0.329 e. The number of benzene rings is 2. The van der Waals surface area contributed by atoms with Crippen LogP contribution in [0, 0.1) is 0 Å². The maximum absolute atomic E-state index is 14.4. The normalized spacial score (nSPS) is 18.8. The lowest BCUT2D eigenvalue weighted by Gasteiger charge is -2.34. The van der Waals surface area contributed by atoms with Gasteiger partial charge in [0.1, 0.15) is 5.69 Å². The molecule has 0 bridgehead atoms. The molecule has 2 aromatic carbocycles. The maximum atomic E-state index is 14.4. The fourth-order valence-electron chi connectivity index (χ4n) is 6.06. The Bertz CT molecular complexity index is 1440. The Balaban J connectivity index is 1.60. The number of hydrogen-bond donors (Lipinski definition) is 3. The Kier molecular flexibility index (Phi) is 9.53. The number of carbonyl (C=O) groups excluding carboxylic acids is 3. The van der Waals surface area contributed by atoms with Crippen LogP contribution in [-0.2, 0) is 11.3 Å². The molecule has 42 heavy (non-hydrogen) atoms. The molecule has 2 heterocycles. The molecule has 0 radical (unpaired) electrons. The average Bonchev–Trinajstić information content (AvgIpc) is 3.33. The number of nitrogens with zero attached hydrogens (tertiary/aromatic N) is 3. The quantitative estimate of drug-likeness (QED) is 0.365. The predicted octanol–water partition coefficient (Wildman–Crippen LogP) is 2.80. The van der Waals surface area contributed by atoms with E-state index in [0.29, 0.717) is 56.0 Å². The zero-order valence-electron chi connectivity index (χ0n) is 24.2. The van der Waals surface area contributed by atoms with Gasteiger partial charge in [0.25, 0.3) is 11.8 Å². The summed E-state index contributed by atoms with van der Waals surface area (Å²) in [6.45, 7) is 4.56. The third-order valence-corrected chi connectivity index (χ3v) is 8.21. The van der Waals surface area contributed by atoms with Gasteiger partial charge < -0.3 is 20.9 Å². The van der Waals surface area contributed by atoms with Gasteiger partial charge in [-0.2, -0.15) is 0 Å². The number of hydrogen-bond acceptors (Lipinski definition) is 5. The van der Waals surface area contributed by atoms with Crippen molar-refractivity contribution in [3.8, 4) is 11.3 Å². The molecule has 5 rings (SSSR count). The minimum absolute atomic E-state index is 0.0543. The molecule has 1 aromatic heterocycles. The van der Waals surface area contributed by atoms with Crippen molar-refractivity contribution in [1.29, 1.82) is 0 Å². The van der Waals surface area contributed by atoms with Gasteiger partial charge in [-0.1, -0.05) is 68.3 Å². The van der Waals surface area contributed by atoms with E-state index in [4.69, 9.17) is 0 Å². The molecular formula is C32H40N6O4. The monoisotopic (exact) mass is 572 g/mol. The van der Waals surface area contributed by atoms with Crippen LogP contribution < -0.4 is 21.6 Å². The van der Waals surface area contributed by atoms with Crippen LogP contribution in [0.1, 0.15) is 65.9 Å². The summed E-state index contributed by atoms with van der Waals surface area (Å²) in [5.41, 5.74) is 1.89. The Morgan fingerprint density at radius 3 is 2.29 bits per heavy atom. The van der Waals surface area contributed by atoms with Crippen molar-refractivity contribution in [2.45, 2.75) is 57.7 Å². The Morgan fingerprint density at radius 2 is 1.60 bits per heavy atom. The van der Waals surface area contributed by atoms with Crippen LogP contribution in [0.3, 0.4) is 0 Å². The predicted molar refractivity (Wildman–Crippen MR) is 161 cm³/mol. The molecule has 2 aliphatic rings. The highest BCUT2D eigenvalue weighted by molar-refractivity contribution is 5.99. The first-order valence-electron chi connectivity index (χ1n) is 15.0. The van der Waals surface area contributed by atoms with E-state index < -0.39 is 0 Å². The second-order valence-corrected chi connectivity index (χ2v) is 10.9. The van der Waals surface area contributed by atoms with Gasteiger partial charge in [-0.3, -0.25) is 23.5 Å². The fourth-order valence-corrected chi connectivity index (χ4v) is 6.06. The van der Waals surface area contributed by atoms with Gasteiger partial charge in [-0.15, -0.1) is 0 Å². The van der Waals surface area contributed by atoms with Crippen LogP contribution >= 0.6 is 0 Å². The first-order valence-corrected chi connectivity index (χ1v) is 15.0. The minimum Gasteiger partial charge on any atom is -0.351 e. The van der Waals surface area contributed by atoms with E-state index in [0.717, 1.165) is 24.8 Å². The summed E-state index contributed by atoms with van der Waals surface area (Å²) in [7, 11) is 0. The van der Waals surface area contributed by atoms with Crippen molar-refractivity contribution >= 4 is 17.7 Å². The molecule has 1 aliphatic heterocycles. The van der Waals surface area contributed by atoms with Crippen molar-refractivity contribution in [3.63, 3.8) is 0 Å². The van der Waals surface area contributed by atoms with Crippen molar-refractivity contribution in [2.75, 3.05) is 32.7 Å². The van der Waals surface area contributed by atoms with E-state index in [-0.39, 0.29) is 48.6 Å². The summed E-state index contributed by atoms with van der Waals surface area (Å²) in [6, 6.07) is 17.9. The Morgan fingerprint density at radius 1 is 0.929 bits per heavy atom. The van der Waals surface area contributed by atoms with E-state index in [1.54, 1.807) is 33.7 Å². The zero-order chi connectivity index (χ0) is 29.5. The molecule has 1 saturated heterocycles. The number of imidazole rings is 1. The third kappa shape index (κ3) is 6.33. The highest BCUT2D eigenvalue weighted by Gasteiger charge is 2.36. The van der Waals surface area contributed by atoms with Crippen LogP contribution in [0.4, 0.5) is 0 Å². The van der Waals surface area contributed by atoms with Gasteiger partial charge in [0, 0.05) is 62.9 Å². The van der Waals surface area contributed by atoms with E-state index in [1.165, 1.54) is 4.57 Å².